The van der Waals surface area contributed by atoms with E-state index < -0.39 is 20.0 Å². The molecule has 0 saturated heterocycles. The molecule has 1 heterocycles. The fraction of sp³-hybridized carbons (Fsp3) is 0.250. The maximum atomic E-state index is 13.3. The normalized spacial score (nSPS) is 14.0. The van der Waals surface area contributed by atoms with Crippen LogP contribution in [0.15, 0.2) is 70.5 Å². The van der Waals surface area contributed by atoms with Crippen LogP contribution in [0.1, 0.15) is 23.1 Å². The lowest BCUT2D eigenvalue weighted by Crippen LogP contribution is -2.35. The molecule has 0 radical (unpaired) electrons. The third-order valence-corrected chi connectivity index (χ3v) is 8.88. The smallest absolute Gasteiger partial charge is 0.264 e. The van der Waals surface area contributed by atoms with Gasteiger partial charge in [0.05, 0.1) is 28.3 Å². The average Bonchev–Trinajstić information content (AvgIpc) is 2.78. The molecule has 174 valence electrons. The quantitative estimate of drug-likeness (QED) is 0.562. The van der Waals surface area contributed by atoms with E-state index in [-0.39, 0.29) is 9.79 Å². The Hall–Kier alpha value is -3.04. The van der Waals surface area contributed by atoms with Crippen molar-refractivity contribution in [1.82, 2.24) is 0 Å². The van der Waals surface area contributed by atoms with Crippen LogP contribution in [0, 0.1) is 13.8 Å². The molecule has 1 aliphatic heterocycles. The molecule has 0 fully saturated rings. The summed E-state index contributed by atoms with van der Waals surface area (Å²) in [6.07, 6.45) is 1.41. The zero-order chi connectivity index (χ0) is 23.8. The number of methoxy groups -OCH3 is 1. The molecule has 7 nitrogen and oxygen atoms in total. The number of anilines is 2. The third kappa shape index (κ3) is 4.43. The molecule has 0 aromatic heterocycles. The largest absolute Gasteiger partial charge is 0.496 e. The van der Waals surface area contributed by atoms with E-state index in [1.807, 2.05) is 0 Å². The summed E-state index contributed by atoms with van der Waals surface area (Å²) < 4.78 is 62.0. The molecule has 33 heavy (non-hydrogen) atoms. The first-order chi connectivity index (χ1) is 15.6. The van der Waals surface area contributed by atoms with Crippen molar-refractivity contribution in [3.8, 4) is 5.75 Å². The summed E-state index contributed by atoms with van der Waals surface area (Å²) in [5, 5.41) is 0. The molecule has 0 saturated carbocycles. The third-order valence-electron chi connectivity index (χ3n) is 5.69. The van der Waals surface area contributed by atoms with Gasteiger partial charge in [-0.2, -0.15) is 0 Å². The second-order valence-corrected chi connectivity index (χ2v) is 11.6. The molecule has 9 heteroatoms. The summed E-state index contributed by atoms with van der Waals surface area (Å²) in [4.78, 5) is 0.317. The first-order valence-corrected chi connectivity index (χ1v) is 13.4. The minimum absolute atomic E-state index is 0.116. The van der Waals surface area contributed by atoms with Crippen LogP contribution >= 0.6 is 0 Å². The monoisotopic (exact) mass is 486 g/mol. The molecule has 0 spiro atoms. The van der Waals surface area contributed by atoms with Crippen LogP contribution in [0.2, 0.25) is 0 Å². The molecule has 4 rings (SSSR count). The van der Waals surface area contributed by atoms with Crippen LogP contribution in [0.5, 0.6) is 5.75 Å². The van der Waals surface area contributed by atoms with Gasteiger partial charge < -0.3 is 4.74 Å². The zero-order valence-corrected chi connectivity index (χ0v) is 20.3. The number of aryl methyl sites for hydroxylation is 3. The van der Waals surface area contributed by atoms with E-state index >= 15 is 0 Å². The van der Waals surface area contributed by atoms with Crippen molar-refractivity contribution in [3.05, 3.63) is 77.4 Å². The first-order valence-electron chi connectivity index (χ1n) is 10.5. The van der Waals surface area contributed by atoms with Gasteiger partial charge in [0.15, 0.2) is 0 Å². The molecule has 3 aromatic rings. The molecule has 0 aliphatic carbocycles. The van der Waals surface area contributed by atoms with E-state index in [0.717, 1.165) is 12.0 Å². The van der Waals surface area contributed by atoms with Crippen molar-refractivity contribution >= 4 is 31.4 Å². The maximum Gasteiger partial charge on any atom is 0.264 e. The highest BCUT2D eigenvalue weighted by Crippen LogP contribution is 2.35. The van der Waals surface area contributed by atoms with Crippen LogP contribution in [-0.2, 0) is 26.5 Å². The van der Waals surface area contributed by atoms with Crippen LogP contribution in [0.4, 0.5) is 11.4 Å². The Bertz CT molecular complexity index is 1380. The SMILES string of the molecule is COc1c(C)cc(S(=O)(=O)Nc2ccc3c(c2)N(S(=O)(=O)c2ccccc2)CCC3)cc1C. The lowest BCUT2D eigenvalue weighted by molar-refractivity contribution is 0.408. The van der Waals surface area contributed by atoms with Crippen molar-refractivity contribution in [2.75, 3.05) is 22.7 Å². The van der Waals surface area contributed by atoms with E-state index in [0.29, 0.717) is 41.2 Å². The van der Waals surface area contributed by atoms with Gasteiger partial charge in [-0.3, -0.25) is 9.03 Å². The Morgan fingerprint density at radius 2 is 1.55 bits per heavy atom. The van der Waals surface area contributed by atoms with Gasteiger partial charge in [0.2, 0.25) is 0 Å². The molecule has 3 aromatic carbocycles. The van der Waals surface area contributed by atoms with Crippen LogP contribution in [0.25, 0.3) is 0 Å². The number of fused-ring (bicyclic) bond motifs is 1. The van der Waals surface area contributed by atoms with Gasteiger partial charge in [-0.15, -0.1) is 0 Å². The Kier molecular flexibility index (Phi) is 6.11. The second kappa shape index (κ2) is 8.72. The van der Waals surface area contributed by atoms with Gasteiger partial charge in [-0.25, -0.2) is 16.8 Å². The number of nitrogens with one attached hydrogen (secondary N) is 1. The van der Waals surface area contributed by atoms with Crippen molar-refractivity contribution in [3.63, 3.8) is 0 Å². The van der Waals surface area contributed by atoms with E-state index in [4.69, 9.17) is 4.74 Å². The summed E-state index contributed by atoms with van der Waals surface area (Å²) in [7, 11) is -6.11. The Morgan fingerprint density at radius 1 is 0.879 bits per heavy atom. The molecule has 0 atom stereocenters. The van der Waals surface area contributed by atoms with E-state index in [2.05, 4.69) is 4.72 Å². The molecule has 0 amide bonds. The van der Waals surface area contributed by atoms with Gasteiger partial charge in [0.25, 0.3) is 20.0 Å². The molecule has 0 unspecified atom stereocenters. The minimum atomic E-state index is -3.89. The average molecular weight is 487 g/mol. The van der Waals surface area contributed by atoms with Gasteiger partial charge in [0, 0.05) is 6.54 Å². The lowest BCUT2D eigenvalue weighted by Gasteiger charge is -2.31. The number of benzene rings is 3. The van der Waals surface area contributed by atoms with Crippen molar-refractivity contribution < 1.29 is 21.6 Å². The highest BCUT2D eigenvalue weighted by molar-refractivity contribution is 7.93. The van der Waals surface area contributed by atoms with Gasteiger partial charge >= 0.3 is 0 Å². The summed E-state index contributed by atoms with van der Waals surface area (Å²) in [6.45, 7) is 3.91. The topological polar surface area (TPSA) is 92.8 Å². The van der Waals surface area contributed by atoms with Gasteiger partial charge in [-0.1, -0.05) is 24.3 Å². The minimum Gasteiger partial charge on any atom is -0.496 e. The van der Waals surface area contributed by atoms with Crippen LogP contribution in [0.3, 0.4) is 0 Å². The van der Waals surface area contributed by atoms with Gasteiger partial charge in [0.1, 0.15) is 5.75 Å². The zero-order valence-electron chi connectivity index (χ0n) is 18.7. The fourth-order valence-electron chi connectivity index (χ4n) is 4.18. The van der Waals surface area contributed by atoms with E-state index in [9.17, 15) is 16.8 Å². The maximum absolute atomic E-state index is 13.3. The number of sulfonamides is 2. The molecular weight excluding hydrogens is 460 g/mol. The summed E-state index contributed by atoms with van der Waals surface area (Å²) >= 11 is 0. The lowest BCUT2D eigenvalue weighted by atomic mass is 10.0. The van der Waals surface area contributed by atoms with Crippen LogP contribution in [-0.4, -0.2) is 30.5 Å². The number of rotatable bonds is 6. The predicted molar refractivity (Wildman–Crippen MR) is 129 cm³/mol. The molecule has 1 aliphatic rings. The summed E-state index contributed by atoms with van der Waals surface area (Å²) in [5.41, 5.74) is 3.08. The number of hydrogen-bond donors (Lipinski definition) is 1. The summed E-state index contributed by atoms with van der Waals surface area (Å²) in [6, 6.07) is 16.4. The van der Waals surface area contributed by atoms with Gasteiger partial charge in [-0.05, 0) is 79.8 Å². The second-order valence-electron chi connectivity index (χ2n) is 8.03. The van der Waals surface area contributed by atoms with Crippen molar-refractivity contribution in [2.24, 2.45) is 0 Å². The number of hydrogen-bond acceptors (Lipinski definition) is 5. The highest BCUT2D eigenvalue weighted by Gasteiger charge is 2.29. The van der Waals surface area contributed by atoms with Crippen LogP contribution < -0.4 is 13.8 Å². The van der Waals surface area contributed by atoms with Crippen molar-refractivity contribution in [2.45, 2.75) is 36.5 Å². The Labute approximate surface area is 195 Å². The van der Waals surface area contributed by atoms with E-state index in [1.54, 1.807) is 81.6 Å². The fourth-order valence-corrected chi connectivity index (χ4v) is 6.95. The number of nitrogens with zero attached hydrogens (tertiary/aromatic N) is 1. The standard InChI is InChI=1S/C24H26N2O5S2/c1-17-14-22(15-18(2)24(17)31-3)32(27,28)25-20-12-11-19-8-7-13-26(23(19)16-20)33(29,30)21-9-5-4-6-10-21/h4-6,9-12,14-16,25H,7-8,13H2,1-3H3. The summed E-state index contributed by atoms with van der Waals surface area (Å²) in [5.74, 6) is 0.643. The number of ether oxygens (including phenoxy) is 1. The Balaban J connectivity index is 1.70. The first kappa shape index (κ1) is 23.1. The highest BCUT2D eigenvalue weighted by atomic mass is 32.2. The van der Waals surface area contributed by atoms with Crippen molar-refractivity contribution in [1.29, 1.82) is 0 Å². The predicted octanol–water partition coefficient (Wildman–Crippen LogP) is 4.25. The molecule has 0 bridgehead atoms. The van der Waals surface area contributed by atoms with E-state index in [1.165, 1.54) is 4.31 Å². The Morgan fingerprint density at radius 3 is 2.18 bits per heavy atom. The molecular formula is C24H26N2O5S2. The molecule has 1 N–H and O–H groups in total.